The molecule has 2 heterocycles. The molecule has 0 bridgehead atoms. The van der Waals surface area contributed by atoms with E-state index in [1.54, 1.807) is 29.7 Å². The molecule has 1 saturated carbocycles. The topological polar surface area (TPSA) is 110 Å². The number of nitrogens with one attached hydrogen (secondary N) is 2. The van der Waals surface area contributed by atoms with Crippen LogP contribution in [0.4, 0.5) is 15.8 Å². The molecule has 4 aromatic rings. The SMILES string of the molecule is Cc1c(CNS(C)(=O)=O)cccc1-c1c(C)n(C2CC2)c(=O)c2c(Nc3ccc(I)cc3F)c(C)c(=O)oc12. The molecule has 1 aliphatic carbocycles. The molecular formula is C28H27FIN3O5S. The van der Waals surface area contributed by atoms with E-state index < -0.39 is 21.5 Å². The summed E-state index contributed by atoms with van der Waals surface area (Å²) in [6.07, 6.45) is 2.78. The molecule has 2 N–H and O–H groups in total. The van der Waals surface area contributed by atoms with Gasteiger partial charge in [-0.3, -0.25) is 4.79 Å². The van der Waals surface area contributed by atoms with Crippen LogP contribution in [0.15, 0.2) is 50.4 Å². The van der Waals surface area contributed by atoms with Gasteiger partial charge in [-0.05, 0) is 91.1 Å². The summed E-state index contributed by atoms with van der Waals surface area (Å²) in [5.41, 5.74) is 3.08. The second-order valence-electron chi connectivity index (χ2n) is 9.89. The van der Waals surface area contributed by atoms with Gasteiger partial charge in [-0.25, -0.2) is 22.3 Å². The molecule has 0 unspecified atom stereocenters. The molecule has 2 aromatic heterocycles. The molecule has 8 nitrogen and oxygen atoms in total. The number of rotatable bonds is 7. The smallest absolute Gasteiger partial charge is 0.341 e. The van der Waals surface area contributed by atoms with Gasteiger partial charge >= 0.3 is 5.63 Å². The maximum Gasteiger partial charge on any atom is 0.341 e. The number of fused-ring (bicyclic) bond motifs is 1. The van der Waals surface area contributed by atoms with E-state index in [2.05, 4.69) is 10.0 Å². The van der Waals surface area contributed by atoms with Crippen molar-refractivity contribution >= 4 is 55.0 Å². The normalized spacial score (nSPS) is 13.7. The number of halogens is 2. The van der Waals surface area contributed by atoms with Crippen molar-refractivity contribution in [2.45, 2.75) is 46.2 Å². The van der Waals surface area contributed by atoms with E-state index in [9.17, 15) is 22.4 Å². The molecule has 39 heavy (non-hydrogen) atoms. The fraction of sp³-hybridized carbons (Fsp3) is 0.286. The van der Waals surface area contributed by atoms with Crippen molar-refractivity contribution in [3.05, 3.63) is 88.9 Å². The third-order valence-electron chi connectivity index (χ3n) is 7.08. The first-order chi connectivity index (χ1) is 18.4. The van der Waals surface area contributed by atoms with Crippen molar-refractivity contribution in [3.8, 4) is 11.1 Å². The number of benzene rings is 2. The predicted molar refractivity (Wildman–Crippen MR) is 159 cm³/mol. The first-order valence-corrected chi connectivity index (χ1v) is 15.3. The summed E-state index contributed by atoms with van der Waals surface area (Å²) >= 11 is 2.01. The van der Waals surface area contributed by atoms with Crippen molar-refractivity contribution < 1.29 is 17.2 Å². The quantitative estimate of drug-likeness (QED) is 0.256. The van der Waals surface area contributed by atoms with E-state index in [1.165, 1.54) is 6.07 Å². The summed E-state index contributed by atoms with van der Waals surface area (Å²) in [4.78, 5) is 27.1. The predicted octanol–water partition coefficient (Wildman–Crippen LogP) is 5.42. The number of anilines is 2. The highest BCUT2D eigenvalue weighted by Gasteiger charge is 2.31. The number of aromatic nitrogens is 1. The monoisotopic (exact) mass is 663 g/mol. The average Bonchev–Trinajstić information content (AvgIpc) is 3.68. The third kappa shape index (κ3) is 5.27. The first kappa shape index (κ1) is 27.5. The van der Waals surface area contributed by atoms with Crippen LogP contribution in [0, 0.1) is 30.2 Å². The standard InChI is InChI=1S/C28H27FIN3O5S/c1-14-17(13-31-39(4,36)37)6-5-7-20(14)23-16(3)33(19-9-10-19)27(34)24-25(15(2)28(35)38-26(23)24)32-22-11-8-18(30)12-21(22)29/h5-8,11-12,19,31-32H,9-10,13H2,1-4H3. The lowest BCUT2D eigenvalue weighted by atomic mass is 9.93. The Morgan fingerprint density at radius 2 is 1.82 bits per heavy atom. The average molecular weight is 664 g/mol. The Kier molecular flexibility index (Phi) is 7.18. The van der Waals surface area contributed by atoms with Crippen LogP contribution in [0.2, 0.25) is 0 Å². The molecule has 0 spiro atoms. The van der Waals surface area contributed by atoms with Gasteiger partial charge in [0.2, 0.25) is 10.0 Å². The number of hydrogen-bond acceptors (Lipinski definition) is 6. The summed E-state index contributed by atoms with van der Waals surface area (Å²) in [6.45, 7) is 5.31. The van der Waals surface area contributed by atoms with Gasteiger partial charge in [0.05, 0.1) is 23.2 Å². The van der Waals surface area contributed by atoms with Crippen molar-refractivity contribution in [2.24, 2.45) is 0 Å². The molecule has 0 saturated heterocycles. The zero-order chi connectivity index (χ0) is 28.2. The molecule has 11 heteroatoms. The number of hydrogen-bond donors (Lipinski definition) is 2. The van der Waals surface area contributed by atoms with Crippen LogP contribution in [0.1, 0.15) is 41.3 Å². The minimum atomic E-state index is -3.42. The van der Waals surface area contributed by atoms with Gasteiger partial charge in [0.1, 0.15) is 11.2 Å². The Labute approximate surface area is 238 Å². The molecular weight excluding hydrogens is 636 g/mol. The lowest BCUT2D eigenvalue weighted by Crippen LogP contribution is -2.25. The van der Waals surface area contributed by atoms with Crippen LogP contribution < -0.4 is 21.2 Å². The summed E-state index contributed by atoms with van der Waals surface area (Å²) < 4.78 is 49.1. The molecule has 1 aliphatic rings. The van der Waals surface area contributed by atoms with Crippen LogP contribution in [-0.2, 0) is 16.6 Å². The second-order valence-corrected chi connectivity index (χ2v) is 13.0. The van der Waals surface area contributed by atoms with Gasteiger partial charge in [-0.2, -0.15) is 0 Å². The Balaban J connectivity index is 1.83. The fourth-order valence-electron chi connectivity index (χ4n) is 4.89. The lowest BCUT2D eigenvalue weighted by molar-refractivity contribution is 0.552. The van der Waals surface area contributed by atoms with E-state index in [0.29, 0.717) is 20.4 Å². The molecule has 1 fully saturated rings. The Hall–Kier alpha value is -3.03. The van der Waals surface area contributed by atoms with Gasteiger partial charge in [0, 0.05) is 27.4 Å². The molecule has 2 aromatic carbocycles. The van der Waals surface area contributed by atoms with Gasteiger partial charge in [-0.15, -0.1) is 0 Å². The highest BCUT2D eigenvalue weighted by molar-refractivity contribution is 14.1. The van der Waals surface area contributed by atoms with Crippen molar-refractivity contribution in [1.29, 1.82) is 0 Å². The summed E-state index contributed by atoms with van der Waals surface area (Å²) in [5.74, 6) is -0.514. The van der Waals surface area contributed by atoms with Gasteiger partial charge < -0.3 is 14.3 Å². The minimum absolute atomic E-state index is 0.00571. The van der Waals surface area contributed by atoms with Crippen LogP contribution in [0.3, 0.4) is 0 Å². The summed E-state index contributed by atoms with van der Waals surface area (Å²) in [7, 11) is -3.42. The van der Waals surface area contributed by atoms with Gasteiger partial charge in [0.15, 0.2) is 5.58 Å². The highest BCUT2D eigenvalue weighted by Crippen LogP contribution is 2.41. The lowest BCUT2D eigenvalue weighted by Gasteiger charge is -2.21. The fourth-order valence-corrected chi connectivity index (χ4v) is 5.76. The van der Waals surface area contributed by atoms with Crippen LogP contribution in [0.5, 0.6) is 0 Å². The first-order valence-electron chi connectivity index (χ1n) is 12.4. The third-order valence-corrected chi connectivity index (χ3v) is 8.42. The maximum absolute atomic E-state index is 14.8. The number of nitrogens with zero attached hydrogens (tertiary/aromatic N) is 1. The molecule has 0 atom stereocenters. The van der Waals surface area contributed by atoms with E-state index in [0.717, 1.165) is 30.2 Å². The second kappa shape index (κ2) is 10.2. The summed E-state index contributed by atoms with van der Waals surface area (Å²) in [5, 5.41) is 3.18. The Morgan fingerprint density at radius 1 is 1.10 bits per heavy atom. The number of sulfonamides is 1. The van der Waals surface area contributed by atoms with Crippen LogP contribution in [0.25, 0.3) is 22.1 Å². The van der Waals surface area contributed by atoms with Gasteiger partial charge in [0.25, 0.3) is 5.56 Å². The molecule has 204 valence electrons. The summed E-state index contributed by atoms with van der Waals surface area (Å²) in [6, 6.07) is 10.1. The zero-order valence-corrected chi connectivity index (χ0v) is 24.8. The van der Waals surface area contributed by atoms with E-state index in [1.807, 2.05) is 48.6 Å². The highest BCUT2D eigenvalue weighted by atomic mass is 127. The van der Waals surface area contributed by atoms with E-state index in [-0.39, 0.29) is 46.1 Å². The maximum atomic E-state index is 14.8. The Morgan fingerprint density at radius 3 is 2.46 bits per heavy atom. The molecule has 0 aliphatic heterocycles. The molecule has 0 amide bonds. The van der Waals surface area contributed by atoms with E-state index >= 15 is 0 Å². The van der Waals surface area contributed by atoms with E-state index in [4.69, 9.17) is 4.42 Å². The van der Waals surface area contributed by atoms with Gasteiger partial charge in [-0.1, -0.05) is 18.2 Å². The zero-order valence-electron chi connectivity index (χ0n) is 21.8. The van der Waals surface area contributed by atoms with Crippen molar-refractivity contribution in [3.63, 3.8) is 0 Å². The van der Waals surface area contributed by atoms with Crippen LogP contribution >= 0.6 is 22.6 Å². The molecule has 5 rings (SSSR count). The molecule has 0 radical (unpaired) electrons. The van der Waals surface area contributed by atoms with Crippen molar-refractivity contribution in [1.82, 2.24) is 9.29 Å². The van der Waals surface area contributed by atoms with Crippen LogP contribution in [-0.4, -0.2) is 19.2 Å². The number of pyridine rings is 1. The minimum Gasteiger partial charge on any atom is -0.421 e. The largest absolute Gasteiger partial charge is 0.421 e. The van der Waals surface area contributed by atoms with Crippen molar-refractivity contribution in [2.75, 3.05) is 11.6 Å². The Bertz CT molecular complexity index is 1880.